The SMILES string of the molecule is Cc1cc(NC(=O)CCC2CCCNC2)ccc1Br. The number of amides is 1. The third kappa shape index (κ3) is 4.62. The van der Waals surface area contributed by atoms with E-state index in [0.717, 1.165) is 35.2 Å². The molecule has 0 bridgehead atoms. The van der Waals surface area contributed by atoms with Crippen molar-refractivity contribution >= 4 is 27.5 Å². The normalized spacial score (nSPS) is 19.2. The van der Waals surface area contributed by atoms with Gasteiger partial charge >= 0.3 is 0 Å². The van der Waals surface area contributed by atoms with Gasteiger partial charge in [-0.15, -0.1) is 0 Å². The summed E-state index contributed by atoms with van der Waals surface area (Å²) >= 11 is 3.46. The van der Waals surface area contributed by atoms with Crippen molar-refractivity contribution in [1.82, 2.24) is 5.32 Å². The Morgan fingerprint density at radius 2 is 2.37 bits per heavy atom. The van der Waals surface area contributed by atoms with Crippen LogP contribution in [0.5, 0.6) is 0 Å². The number of benzene rings is 1. The topological polar surface area (TPSA) is 41.1 Å². The minimum Gasteiger partial charge on any atom is -0.326 e. The summed E-state index contributed by atoms with van der Waals surface area (Å²) in [5, 5.41) is 6.35. The van der Waals surface area contributed by atoms with Crippen LogP contribution in [0.1, 0.15) is 31.2 Å². The standard InChI is InChI=1S/C15H21BrN2O/c1-11-9-13(5-6-14(11)16)18-15(19)7-4-12-3-2-8-17-10-12/h5-6,9,12,17H,2-4,7-8,10H2,1H3,(H,18,19). The molecule has 4 heteroatoms. The van der Waals surface area contributed by atoms with Gasteiger partial charge in [-0.05, 0) is 69.0 Å². The first kappa shape index (κ1) is 14.5. The van der Waals surface area contributed by atoms with E-state index in [-0.39, 0.29) is 5.91 Å². The van der Waals surface area contributed by atoms with E-state index < -0.39 is 0 Å². The molecule has 0 radical (unpaired) electrons. The van der Waals surface area contributed by atoms with Crippen LogP contribution in [0.25, 0.3) is 0 Å². The molecule has 1 aromatic rings. The summed E-state index contributed by atoms with van der Waals surface area (Å²) in [6.07, 6.45) is 4.08. The second-order valence-electron chi connectivity index (χ2n) is 5.26. The molecule has 1 amide bonds. The zero-order chi connectivity index (χ0) is 13.7. The monoisotopic (exact) mass is 324 g/mol. The first-order valence-corrected chi connectivity index (χ1v) is 7.71. The number of anilines is 1. The maximum Gasteiger partial charge on any atom is 0.224 e. The van der Waals surface area contributed by atoms with E-state index in [4.69, 9.17) is 0 Å². The lowest BCUT2D eigenvalue weighted by atomic mass is 9.94. The lowest BCUT2D eigenvalue weighted by Crippen LogP contribution is -2.30. The highest BCUT2D eigenvalue weighted by Gasteiger charge is 2.14. The molecule has 19 heavy (non-hydrogen) atoms. The maximum absolute atomic E-state index is 11.9. The van der Waals surface area contributed by atoms with Crippen molar-refractivity contribution in [2.75, 3.05) is 18.4 Å². The highest BCUT2D eigenvalue weighted by atomic mass is 79.9. The van der Waals surface area contributed by atoms with E-state index in [0.29, 0.717) is 12.3 Å². The molecule has 0 aromatic heterocycles. The van der Waals surface area contributed by atoms with Gasteiger partial charge in [0.05, 0.1) is 0 Å². The van der Waals surface area contributed by atoms with Crippen molar-refractivity contribution in [1.29, 1.82) is 0 Å². The van der Waals surface area contributed by atoms with Gasteiger partial charge in [0, 0.05) is 16.6 Å². The van der Waals surface area contributed by atoms with Gasteiger partial charge in [0.2, 0.25) is 5.91 Å². The van der Waals surface area contributed by atoms with E-state index in [1.54, 1.807) is 0 Å². The predicted octanol–water partition coefficient (Wildman–Crippen LogP) is 3.48. The molecule has 0 spiro atoms. The van der Waals surface area contributed by atoms with Gasteiger partial charge in [-0.25, -0.2) is 0 Å². The van der Waals surface area contributed by atoms with Gasteiger partial charge in [-0.2, -0.15) is 0 Å². The molecule has 104 valence electrons. The van der Waals surface area contributed by atoms with Crippen molar-refractivity contribution in [3.8, 4) is 0 Å². The zero-order valence-electron chi connectivity index (χ0n) is 11.3. The Morgan fingerprint density at radius 1 is 1.53 bits per heavy atom. The van der Waals surface area contributed by atoms with Crippen LogP contribution in [0.15, 0.2) is 22.7 Å². The van der Waals surface area contributed by atoms with Gasteiger partial charge in [0.25, 0.3) is 0 Å². The molecule has 1 aromatic carbocycles. The van der Waals surface area contributed by atoms with Crippen LogP contribution in [0, 0.1) is 12.8 Å². The van der Waals surface area contributed by atoms with Gasteiger partial charge in [0.1, 0.15) is 0 Å². The summed E-state index contributed by atoms with van der Waals surface area (Å²) < 4.78 is 1.07. The van der Waals surface area contributed by atoms with Crippen LogP contribution in [-0.4, -0.2) is 19.0 Å². The summed E-state index contributed by atoms with van der Waals surface area (Å²) in [6, 6.07) is 5.89. The van der Waals surface area contributed by atoms with Gasteiger partial charge in [0.15, 0.2) is 0 Å². The molecule has 2 N–H and O–H groups in total. The maximum atomic E-state index is 11.9. The molecule has 1 aliphatic heterocycles. The number of carbonyl (C=O) groups excluding carboxylic acids is 1. The second-order valence-corrected chi connectivity index (χ2v) is 6.12. The number of halogens is 1. The minimum absolute atomic E-state index is 0.118. The fourth-order valence-electron chi connectivity index (χ4n) is 2.45. The molecule has 1 heterocycles. The Kier molecular flexibility index (Phi) is 5.40. The Morgan fingerprint density at radius 3 is 3.05 bits per heavy atom. The number of carbonyl (C=O) groups is 1. The van der Waals surface area contributed by atoms with Crippen molar-refractivity contribution < 1.29 is 4.79 Å². The first-order chi connectivity index (χ1) is 9.15. The van der Waals surface area contributed by atoms with Crippen LogP contribution >= 0.6 is 15.9 Å². The Hall–Kier alpha value is -0.870. The summed E-state index contributed by atoms with van der Waals surface area (Å²) in [5.74, 6) is 0.776. The highest BCUT2D eigenvalue weighted by molar-refractivity contribution is 9.10. The predicted molar refractivity (Wildman–Crippen MR) is 82.3 cm³/mol. The van der Waals surface area contributed by atoms with Gasteiger partial charge in [-0.3, -0.25) is 4.79 Å². The van der Waals surface area contributed by atoms with Crippen LogP contribution in [-0.2, 0) is 4.79 Å². The van der Waals surface area contributed by atoms with E-state index >= 15 is 0 Å². The van der Waals surface area contributed by atoms with Crippen molar-refractivity contribution in [3.05, 3.63) is 28.2 Å². The van der Waals surface area contributed by atoms with Gasteiger partial charge in [-0.1, -0.05) is 15.9 Å². The van der Waals surface area contributed by atoms with Crippen molar-refractivity contribution in [3.63, 3.8) is 0 Å². The zero-order valence-corrected chi connectivity index (χ0v) is 12.9. The van der Waals surface area contributed by atoms with Crippen LogP contribution in [0.3, 0.4) is 0 Å². The molecule has 1 unspecified atom stereocenters. The number of aryl methyl sites for hydroxylation is 1. The molecule has 1 saturated heterocycles. The molecule has 2 rings (SSSR count). The summed E-state index contributed by atoms with van der Waals surface area (Å²) in [4.78, 5) is 11.9. The molecule has 0 aliphatic carbocycles. The Bertz CT molecular complexity index is 442. The average Bonchev–Trinajstić information content (AvgIpc) is 2.42. The smallest absolute Gasteiger partial charge is 0.224 e. The van der Waals surface area contributed by atoms with Crippen molar-refractivity contribution in [2.45, 2.75) is 32.6 Å². The molecular weight excluding hydrogens is 304 g/mol. The number of nitrogens with one attached hydrogen (secondary N) is 2. The summed E-state index contributed by atoms with van der Waals surface area (Å²) in [5.41, 5.74) is 2.02. The third-order valence-electron chi connectivity index (χ3n) is 3.62. The second kappa shape index (κ2) is 7.06. The first-order valence-electron chi connectivity index (χ1n) is 6.92. The van der Waals surface area contributed by atoms with Crippen LogP contribution in [0.2, 0.25) is 0 Å². The summed E-state index contributed by atoms with van der Waals surface area (Å²) in [6.45, 7) is 4.21. The fraction of sp³-hybridized carbons (Fsp3) is 0.533. The van der Waals surface area contributed by atoms with Crippen molar-refractivity contribution in [2.24, 2.45) is 5.92 Å². The summed E-state index contributed by atoms with van der Waals surface area (Å²) in [7, 11) is 0. The molecular formula is C15H21BrN2O. The Balaban J connectivity index is 1.78. The quantitative estimate of drug-likeness (QED) is 0.890. The average molecular weight is 325 g/mol. The highest BCUT2D eigenvalue weighted by Crippen LogP contribution is 2.21. The number of hydrogen-bond donors (Lipinski definition) is 2. The largest absolute Gasteiger partial charge is 0.326 e. The van der Waals surface area contributed by atoms with E-state index in [2.05, 4.69) is 26.6 Å². The molecule has 0 saturated carbocycles. The number of hydrogen-bond acceptors (Lipinski definition) is 2. The van der Waals surface area contributed by atoms with E-state index in [1.165, 1.54) is 12.8 Å². The third-order valence-corrected chi connectivity index (χ3v) is 4.51. The Labute approximate surface area is 123 Å². The van der Waals surface area contributed by atoms with Crippen LogP contribution < -0.4 is 10.6 Å². The lowest BCUT2D eigenvalue weighted by molar-refractivity contribution is -0.116. The van der Waals surface area contributed by atoms with E-state index in [9.17, 15) is 4.79 Å². The molecule has 1 aliphatic rings. The number of rotatable bonds is 4. The molecule has 1 atom stereocenters. The van der Waals surface area contributed by atoms with Crippen LogP contribution in [0.4, 0.5) is 5.69 Å². The minimum atomic E-state index is 0.118. The fourth-order valence-corrected chi connectivity index (χ4v) is 2.70. The van der Waals surface area contributed by atoms with Gasteiger partial charge < -0.3 is 10.6 Å². The number of piperidine rings is 1. The van der Waals surface area contributed by atoms with E-state index in [1.807, 2.05) is 25.1 Å². The molecule has 3 nitrogen and oxygen atoms in total. The molecule has 1 fully saturated rings. The lowest BCUT2D eigenvalue weighted by Gasteiger charge is -2.22.